The average Bonchev–Trinajstić information content (AvgIpc) is 1.99. The second-order valence-corrected chi connectivity index (χ2v) is 2.39. The molecule has 0 N–H and O–H groups in total. The molecule has 0 amide bonds. The minimum atomic E-state index is -0.681. The number of ether oxygens (including phenoxy) is 2. The molecule has 0 radical (unpaired) electrons. The lowest BCUT2D eigenvalue weighted by atomic mass is 10.3. The van der Waals surface area contributed by atoms with Crippen molar-refractivity contribution < 1.29 is 14.3 Å². The molecule has 0 aliphatic heterocycles. The second kappa shape index (κ2) is 5.35. The van der Waals surface area contributed by atoms with E-state index in [-0.39, 0.29) is 12.0 Å². The van der Waals surface area contributed by atoms with E-state index in [4.69, 9.17) is 11.6 Å². The predicted octanol–water partition coefficient (Wildman–Crippen LogP) is 1.79. The zero-order valence-electron chi connectivity index (χ0n) is 6.09. The molecule has 10 heavy (non-hydrogen) atoms. The van der Waals surface area contributed by atoms with Crippen LogP contribution in [0.5, 0.6) is 0 Å². The molecule has 0 heterocycles. The fourth-order valence-corrected chi connectivity index (χ4v) is 0.398. The highest BCUT2D eigenvalue weighted by molar-refractivity contribution is 6.20. The van der Waals surface area contributed by atoms with Gasteiger partial charge < -0.3 is 9.47 Å². The van der Waals surface area contributed by atoms with Crippen LogP contribution in [0.3, 0.4) is 0 Å². The number of rotatable bonds is 3. The van der Waals surface area contributed by atoms with E-state index in [9.17, 15) is 4.79 Å². The van der Waals surface area contributed by atoms with Crippen LogP contribution >= 0.6 is 11.6 Å². The number of methoxy groups -OCH3 is 1. The first-order valence-electron chi connectivity index (χ1n) is 3.05. The first-order chi connectivity index (χ1) is 4.70. The molecular formula is C6H11ClO3. The Balaban J connectivity index is 3.26. The number of carbonyl (C=O) groups is 1. The monoisotopic (exact) mass is 166 g/mol. The molecule has 0 fully saturated rings. The van der Waals surface area contributed by atoms with Gasteiger partial charge in [-0.2, -0.15) is 0 Å². The normalized spacial score (nSPS) is 12.3. The van der Waals surface area contributed by atoms with Gasteiger partial charge in [-0.1, -0.05) is 6.92 Å². The number of carbonyl (C=O) groups excluding carboxylic acids is 1. The second-order valence-electron chi connectivity index (χ2n) is 1.77. The fraction of sp³-hybridized carbons (Fsp3) is 0.833. The van der Waals surface area contributed by atoms with E-state index in [2.05, 4.69) is 9.47 Å². The van der Waals surface area contributed by atoms with E-state index in [1.54, 1.807) is 0 Å². The Labute approximate surface area is 65.3 Å². The molecule has 0 aliphatic rings. The van der Waals surface area contributed by atoms with Gasteiger partial charge in [0.25, 0.3) is 0 Å². The molecule has 4 heteroatoms. The summed E-state index contributed by atoms with van der Waals surface area (Å²) in [6.45, 7) is 2.13. The average molecular weight is 167 g/mol. The minimum absolute atomic E-state index is 0.112. The molecule has 0 aromatic carbocycles. The molecule has 0 bridgehead atoms. The maximum Gasteiger partial charge on any atom is 0.508 e. The van der Waals surface area contributed by atoms with Crippen LogP contribution in [0, 0.1) is 0 Å². The van der Waals surface area contributed by atoms with Gasteiger partial charge in [0.05, 0.1) is 12.5 Å². The number of hydrogen-bond acceptors (Lipinski definition) is 3. The molecule has 0 saturated heterocycles. The van der Waals surface area contributed by atoms with E-state index in [0.29, 0.717) is 0 Å². The van der Waals surface area contributed by atoms with Crippen molar-refractivity contribution in [3.05, 3.63) is 0 Å². The summed E-state index contributed by atoms with van der Waals surface area (Å²) in [4.78, 5) is 10.3. The van der Waals surface area contributed by atoms with Crippen molar-refractivity contribution >= 4 is 17.8 Å². The Hall–Kier alpha value is -0.440. The number of alkyl halides is 1. The van der Waals surface area contributed by atoms with E-state index in [1.807, 2.05) is 6.92 Å². The summed E-state index contributed by atoms with van der Waals surface area (Å²) in [6.07, 6.45) is 0.0950. The van der Waals surface area contributed by atoms with Crippen LogP contribution in [-0.2, 0) is 9.47 Å². The van der Waals surface area contributed by atoms with Crippen LogP contribution < -0.4 is 0 Å². The molecule has 3 nitrogen and oxygen atoms in total. The van der Waals surface area contributed by atoms with Crippen molar-refractivity contribution in [3.63, 3.8) is 0 Å². The van der Waals surface area contributed by atoms with Gasteiger partial charge in [0.15, 0.2) is 0 Å². The quantitative estimate of drug-likeness (QED) is 0.474. The summed E-state index contributed by atoms with van der Waals surface area (Å²) < 4.78 is 8.78. The molecule has 0 saturated carbocycles. The highest BCUT2D eigenvalue weighted by atomic mass is 35.5. The smallest absolute Gasteiger partial charge is 0.438 e. The van der Waals surface area contributed by atoms with Crippen LogP contribution in [0.2, 0.25) is 0 Å². The van der Waals surface area contributed by atoms with Gasteiger partial charge in [0.2, 0.25) is 0 Å². The van der Waals surface area contributed by atoms with Crippen molar-refractivity contribution in [1.29, 1.82) is 0 Å². The Morgan fingerprint density at radius 3 is 2.70 bits per heavy atom. The number of halogens is 1. The van der Waals surface area contributed by atoms with Crippen LogP contribution in [0.4, 0.5) is 4.79 Å². The topological polar surface area (TPSA) is 35.5 Å². The molecule has 1 atom stereocenters. The largest absolute Gasteiger partial charge is 0.508 e. The molecule has 0 spiro atoms. The standard InChI is InChI=1S/C6H11ClO3/c1-3-5(7)4-10-6(8)9-2/h5H,3-4H2,1-2H3. The molecular weight excluding hydrogens is 156 g/mol. The first kappa shape index (κ1) is 9.56. The van der Waals surface area contributed by atoms with Gasteiger partial charge >= 0.3 is 6.16 Å². The Morgan fingerprint density at radius 1 is 1.70 bits per heavy atom. The van der Waals surface area contributed by atoms with Gasteiger partial charge in [-0.05, 0) is 6.42 Å². The van der Waals surface area contributed by atoms with Crippen LogP contribution in [0.1, 0.15) is 13.3 Å². The first-order valence-corrected chi connectivity index (χ1v) is 3.49. The summed E-state index contributed by atoms with van der Waals surface area (Å²) in [5, 5.41) is -0.112. The zero-order valence-corrected chi connectivity index (χ0v) is 6.85. The summed E-state index contributed by atoms with van der Waals surface area (Å²) in [6, 6.07) is 0. The van der Waals surface area contributed by atoms with Crippen molar-refractivity contribution in [2.24, 2.45) is 0 Å². The molecule has 60 valence electrons. The molecule has 1 unspecified atom stereocenters. The van der Waals surface area contributed by atoms with Crippen LogP contribution in [0.25, 0.3) is 0 Å². The molecule has 0 rings (SSSR count). The lowest BCUT2D eigenvalue weighted by Crippen LogP contribution is -2.12. The van der Waals surface area contributed by atoms with E-state index in [1.165, 1.54) is 7.11 Å². The third-order valence-corrected chi connectivity index (χ3v) is 1.43. The lowest BCUT2D eigenvalue weighted by molar-refractivity contribution is 0.0725. The van der Waals surface area contributed by atoms with Crippen LogP contribution in [0.15, 0.2) is 0 Å². The maximum atomic E-state index is 10.3. The Morgan fingerprint density at radius 2 is 2.30 bits per heavy atom. The van der Waals surface area contributed by atoms with Crippen molar-refractivity contribution in [2.75, 3.05) is 13.7 Å². The minimum Gasteiger partial charge on any atom is -0.438 e. The molecule has 0 aliphatic carbocycles. The van der Waals surface area contributed by atoms with Crippen molar-refractivity contribution in [2.45, 2.75) is 18.7 Å². The molecule has 0 aromatic heterocycles. The van der Waals surface area contributed by atoms with E-state index < -0.39 is 6.16 Å². The van der Waals surface area contributed by atoms with Crippen molar-refractivity contribution in [1.82, 2.24) is 0 Å². The van der Waals surface area contributed by atoms with Gasteiger partial charge in [-0.15, -0.1) is 11.6 Å². The van der Waals surface area contributed by atoms with Crippen molar-refractivity contribution in [3.8, 4) is 0 Å². The van der Waals surface area contributed by atoms with E-state index >= 15 is 0 Å². The number of hydrogen-bond donors (Lipinski definition) is 0. The highest BCUT2D eigenvalue weighted by Gasteiger charge is 2.05. The maximum absolute atomic E-state index is 10.3. The SMILES string of the molecule is CCC(Cl)COC(=O)OC. The summed E-state index contributed by atoms with van der Waals surface area (Å²) in [5.41, 5.74) is 0. The summed E-state index contributed by atoms with van der Waals surface area (Å²) >= 11 is 5.63. The highest BCUT2D eigenvalue weighted by Crippen LogP contribution is 2.01. The van der Waals surface area contributed by atoms with Gasteiger partial charge in [-0.25, -0.2) is 4.79 Å². The fourth-order valence-electron chi connectivity index (χ4n) is 0.335. The van der Waals surface area contributed by atoms with E-state index in [0.717, 1.165) is 6.42 Å². The molecule has 0 aromatic rings. The Bertz CT molecular complexity index is 105. The van der Waals surface area contributed by atoms with Gasteiger partial charge in [0.1, 0.15) is 6.61 Å². The third-order valence-electron chi connectivity index (χ3n) is 0.992. The summed E-state index contributed by atoms with van der Waals surface area (Å²) in [7, 11) is 1.26. The summed E-state index contributed by atoms with van der Waals surface area (Å²) in [5.74, 6) is 0. The predicted molar refractivity (Wildman–Crippen MR) is 38.3 cm³/mol. The zero-order chi connectivity index (χ0) is 7.98. The van der Waals surface area contributed by atoms with Gasteiger partial charge in [0, 0.05) is 0 Å². The lowest BCUT2D eigenvalue weighted by Gasteiger charge is -2.05. The van der Waals surface area contributed by atoms with Crippen LogP contribution in [-0.4, -0.2) is 25.2 Å². The Kier molecular flexibility index (Phi) is 5.12. The van der Waals surface area contributed by atoms with Gasteiger partial charge in [-0.3, -0.25) is 0 Å². The third kappa shape index (κ3) is 4.44.